The zero-order valence-corrected chi connectivity index (χ0v) is 19.0. The summed E-state index contributed by atoms with van der Waals surface area (Å²) in [7, 11) is 0. The van der Waals surface area contributed by atoms with E-state index in [1.54, 1.807) is 0 Å². The Morgan fingerprint density at radius 2 is 1.76 bits per heavy atom. The molecule has 33 heavy (non-hydrogen) atoms. The highest BCUT2D eigenvalue weighted by Crippen LogP contribution is 2.32. The summed E-state index contributed by atoms with van der Waals surface area (Å²) in [6, 6.07) is 17.5. The maximum absolute atomic E-state index is 13.2. The topological polar surface area (TPSA) is 70.6 Å². The van der Waals surface area contributed by atoms with Crippen LogP contribution in [0.5, 0.6) is 5.75 Å². The molecule has 2 amide bonds. The first-order valence-corrected chi connectivity index (χ1v) is 11.7. The molecule has 0 saturated carbocycles. The van der Waals surface area contributed by atoms with E-state index >= 15 is 0 Å². The first kappa shape index (κ1) is 21.2. The van der Waals surface area contributed by atoms with Crippen molar-refractivity contribution in [2.24, 2.45) is 0 Å². The van der Waals surface area contributed by atoms with Crippen LogP contribution in [0, 0.1) is 0 Å². The lowest BCUT2D eigenvalue weighted by atomic mass is 10.0. The van der Waals surface area contributed by atoms with Crippen molar-refractivity contribution in [1.29, 1.82) is 0 Å². The van der Waals surface area contributed by atoms with Crippen LogP contribution < -0.4 is 15.0 Å². The number of aromatic nitrogens is 2. The molecule has 1 aromatic heterocycles. The van der Waals surface area contributed by atoms with Gasteiger partial charge in [0.05, 0.1) is 24.5 Å². The quantitative estimate of drug-likeness (QED) is 0.617. The summed E-state index contributed by atoms with van der Waals surface area (Å²) < 4.78 is 5.66. The van der Waals surface area contributed by atoms with Gasteiger partial charge in [0.25, 0.3) is 0 Å². The molecule has 7 nitrogen and oxygen atoms in total. The maximum atomic E-state index is 13.2. The third-order valence-electron chi connectivity index (χ3n) is 6.19. The number of carbonyl (C=O) groups is 1. The van der Waals surface area contributed by atoms with E-state index in [0.717, 1.165) is 54.4 Å². The number of rotatable bonds is 5. The SMILES string of the molecule is CCOc1ccccc1NC(=O)N1CCc2nc(-c3ccccc3)nc(N3CCCC3)c2C1. The molecule has 2 aromatic carbocycles. The lowest BCUT2D eigenvalue weighted by Crippen LogP contribution is -2.40. The smallest absolute Gasteiger partial charge is 0.322 e. The molecule has 1 N–H and O–H groups in total. The molecular formula is C26H29N5O2. The number of urea groups is 1. The average molecular weight is 444 g/mol. The third-order valence-corrected chi connectivity index (χ3v) is 6.19. The fourth-order valence-corrected chi connectivity index (χ4v) is 4.52. The molecular weight excluding hydrogens is 414 g/mol. The van der Waals surface area contributed by atoms with E-state index in [1.165, 1.54) is 0 Å². The minimum Gasteiger partial charge on any atom is -0.492 e. The van der Waals surface area contributed by atoms with E-state index in [-0.39, 0.29) is 6.03 Å². The predicted octanol–water partition coefficient (Wildman–Crippen LogP) is 4.73. The van der Waals surface area contributed by atoms with Crippen molar-refractivity contribution in [3.05, 3.63) is 65.9 Å². The number of nitrogens with one attached hydrogen (secondary N) is 1. The van der Waals surface area contributed by atoms with Gasteiger partial charge in [0.2, 0.25) is 0 Å². The average Bonchev–Trinajstić information content (AvgIpc) is 3.40. The minimum absolute atomic E-state index is 0.132. The molecule has 3 heterocycles. The van der Waals surface area contributed by atoms with Crippen molar-refractivity contribution in [2.75, 3.05) is 36.5 Å². The second-order valence-electron chi connectivity index (χ2n) is 8.39. The molecule has 2 aliphatic heterocycles. The van der Waals surface area contributed by atoms with Crippen LogP contribution in [-0.2, 0) is 13.0 Å². The molecule has 0 radical (unpaired) electrons. The van der Waals surface area contributed by atoms with Crippen molar-refractivity contribution >= 4 is 17.5 Å². The van der Waals surface area contributed by atoms with Gasteiger partial charge in [0.15, 0.2) is 5.82 Å². The lowest BCUT2D eigenvalue weighted by Gasteiger charge is -2.32. The highest BCUT2D eigenvalue weighted by atomic mass is 16.5. The van der Waals surface area contributed by atoms with Crippen molar-refractivity contribution < 1.29 is 9.53 Å². The number of ether oxygens (including phenoxy) is 1. The summed E-state index contributed by atoms with van der Waals surface area (Å²) in [5.41, 5.74) is 3.82. The maximum Gasteiger partial charge on any atom is 0.322 e. The van der Waals surface area contributed by atoms with E-state index in [4.69, 9.17) is 14.7 Å². The van der Waals surface area contributed by atoms with Gasteiger partial charge in [-0.05, 0) is 31.9 Å². The Morgan fingerprint density at radius 1 is 1.00 bits per heavy atom. The summed E-state index contributed by atoms with van der Waals surface area (Å²) in [6.07, 6.45) is 3.04. The lowest BCUT2D eigenvalue weighted by molar-refractivity contribution is 0.205. The van der Waals surface area contributed by atoms with Crippen LogP contribution in [0.25, 0.3) is 11.4 Å². The van der Waals surface area contributed by atoms with Crippen LogP contribution in [0.2, 0.25) is 0 Å². The van der Waals surface area contributed by atoms with Gasteiger partial charge in [-0.15, -0.1) is 0 Å². The number of para-hydroxylation sites is 2. The van der Waals surface area contributed by atoms with Gasteiger partial charge in [-0.3, -0.25) is 0 Å². The molecule has 1 saturated heterocycles. The van der Waals surface area contributed by atoms with E-state index < -0.39 is 0 Å². The summed E-state index contributed by atoms with van der Waals surface area (Å²) in [5.74, 6) is 2.42. The number of amides is 2. The van der Waals surface area contributed by atoms with Gasteiger partial charge in [0, 0.05) is 37.2 Å². The molecule has 7 heteroatoms. The number of hydrogen-bond acceptors (Lipinski definition) is 5. The van der Waals surface area contributed by atoms with Crippen molar-refractivity contribution in [1.82, 2.24) is 14.9 Å². The second-order valence-corrected chi connectivity index (χ2v) is 8.39. The molecule has 0 bridgehead atoms. The van der Waals surface area contributed by atoms with Gasteiger partial charge in [0.1, 0.15) is 11.6 Å². The second kappa shape index (κ2) is 9.48. The first-order valence-electron chi connectivity index (χ1n) is 11.7. The van der Waals surface area contributed by atoms with E-state index in [1.807, 2.05) is 66.4 Å². The molecule has 0 spiro atoms. The molecule has 5 rings (SSSR count). The molecule has 0 aliphatic carbocycles. The number of benzene rings is 2. The van der Waals surface area contributed by atoms with Gasteiger partial charge in [-0.2, -0.15) is 0 Å². The number of carbonyl (C=O) groups excluding carboxylic acids is 1. The Hall–Kier alpha value is -3.61. The minimum atomic E-state index is -0.132. The van der Waals surface area contributed by atoms with E-state index in [9.17, 15) is 4.79 Å². The largest absolute Gasteiger partial charge is 0.492 e. The fourth-order valence-electron chi connectivity index (χ4n) is 4.52. The van der Waals surface area contributed by atoms with Crippen LogP contribution in [0.3, 0.4) is 0 Å². The zero-order valence-electron chi connectivity index (χ0n) is 19.0. The molecule has 3 aromatic rings. The highest BCUT2D eigenvalue weighted by Gasteiger charge is 2.29. The summed E-state index contributed by atoms with van der Waals surface area (Å²) in [6.45, 7) is 5.57. The summed E-state index contributed by atoms with van der Waals surface area (Å²) in [5, 5.41) is 3.03. The number of hydrogen-bond donors (Lipinski definition) is 1. The third kappa shape index (κ3) is 4.49. The first-order chi connectivity index (χ1) is 16.2. The van der Waals surface area contributed by atoms with Crippen LogP contribution in [0.15, 0.2) is 54.6 Å². The standard InChI is InChI=1S/C26H29N5O2/c1-2-33-23-13-7-6-12-22(23)28-26(32)31-17-14-21-20(18-31)25(30-15-8-9-16-30)29-24(27-21)19-10-4-3-5-11-19/h3-7,10-13H,2,8-9,14-18H2,1H3,(H,28,32). The van der Waals surface area contributed by atoms with Gasteiger partial charge < -0.3 is 19.9 Å². The Labute approximate surface area is 194 Å². The summed E-state index contributed by atoms with van der Waals surface area (Å²) >= 11 is 0. The van der Waals surface area contributed by atoms with Crippen LogP contribution in [-0.4, -0.2) is 47.1 Å². The van der Waals surface area contributed by atoms with Crippen LogP contribution >= 0.6 is 0 Å². The number of anilines is 2. The normalized spacial score (nSPS) is 15.3. The van der Waals surface area contributed by atoms with Crippen molar-refractivity contribution in [3.63, 3.8) is 0 Å². The Kier molecular flexibility index (Phi) is 6.11. The number of nitrogens with zero attached hydrogens (tertiary/aromatic N) is 4. The Balaban J connectivity index is 1.43. The molecule has 2 aliphatic rings. The van der Waals surface area contributed by atoms with Crippen LogP contribution in [0.4, 0.5) is 16.3 Å². The van der Waals surface area contributed by atoms with Gasteiger partial charge in [-0.1, -0.05) is 42.5 Å². The Bertz CT molecular complexity index is 1130. The van der Waals surface area contributed by atoms with Gasteiger partial charge in [-0.25, -0.2) is 14.8 Å². The zero-order chi connectivity index (χ0) is 22.6. The van der Waals surface area contributed by atoms with E-state index in [0.29, 0.717) is 37.6 Å². The molecule has 1 fully saturated rings. The monoisotopic (exact) mass is 443 g/mol. The fraction of sp³-hybridized carbons (Fsp3) is 0.346. The molecule has 170 valence electrons. The molecule has 0 atom stereocenters. The van der Waals surface area contributed by atoms with Gasteiger partial charge >= 0.3 is 6.03 Å². The van der Waals surface area contributed by atoms with E-state index in [2.05, 4.69) is 10.2 Å². The van der Waals surface area contributed by atoms with Crippen molar-refractivity contribution in [2.45, 2.75) is 32.7 Å². The highest BCUT2D eigenvalue weighted by molar-refractivity contribution is 5.91. The molecule has 0 unspecified atom stereocenters. The van der Waals surface area contributed by atoms with Crippen LogP contribution in [0.1, 0.15) is 31.0 Å². The summed E-state index contributed by atoms with van der Waals surface area (Å²) in [4.78, 5) is 27.3. The number of fused-ring (bicyclic) bond motifs is 1. The van der Waals surface area contributed by atoms with Crippen molar-refractivity contribution in [3.8, 4) is 17.1 Å². The Morgan fingerprint density at radius 3 is 2.55 bits per heavy atom. The predicted molar refractivity (Wildman–Crippen MR) is 130 cm³/mol.